The summed E-state index contributed by atoms with van der Waals surface area (Å²) in [6, 6.07) is 15.8. The van der Waals surface area contributed by atoms with Gasteiger partial charge in [0.1, 0.15) is 11.5 Å². The average Bonchev–Trinajstić information content (AvgIpc) is 3.11. The zero-order chi connectivity index (χ0) is 17.2. The van der Waals surface area contributed by atoms with Crippen LogP contribution in [0.3, 0.4) is 0 Å². The van der Waals surface area contributed by atoms with Gasteiger partial charge in [-0.2, -0.15) is 0 Å². The second kappa shape index (κ2) is 6.28. The van der Waals surface area contributed by atoms with Crippen LogP contribution in [0, 0.1) is 0 Å². The number of ether oxygens (including phenoxy) is 2. The van der Waals surface area contributed by atoms with Crippen LogP contribution < -0.4 is 9.47 Å². The van der Waals surface area contributed by atoms with E-state index in [1.165, 1.54) is 0 Å². The molecule has 0 aliphatic rings. The van der Waals surface area contributed by atoms with E-state index in [0.29, 0.717) is 0 Å². The average molecular weight is 331 g/mol. The third-order valence-electron chi connectivity index (χ3n) is 4.15. The van der Waals surface area contributed by atoms with Crippen LogP contribution in [0.2, 0.25) is 0 Å². The molecule has 0 radical (unpaired) electrons. The molecule has 2 aromatic carbocycles. The molecule has 4 rings (SSSR count). The van der Waals surface area contributed by atoms with Crippen molar-refractivity contribution in [2.75, 3.05) is 14.2 Å². The Morgan fingerprint density at radius 3 is 2.36 bits per heavy atom. The van der Waals surface area contributed by atoms with E-state index in [1.807, 2.05) is 65.3 Å². The number of hydrogen-bond acceptors (Lipinski definition) is 4. The van der Waals surface area contributed by atoms with Crippen LogP contribution in [0.25, 0.3) is 28.2 Å². The minimum absolute atomic E-state index is 0.803. The van der Waals surface area contributed by atoms with Crippen molar-refractivity contribution in [2.45, 2.75) is 0 Å². The standard InChI is InChI=1S/C20H17N3O2/c1-24-16-8-6-14(7-9-16)19-11-22-20-12-21-18(13-23(19)20)15-4-3-5-17(10-15)25-2/h3-13H,1-2H3. The van der Waals surface area contributed by atoms with Crippen LogP contribution in [0.15, 0.2) is 67.1 Å². The molecule has 0 aliphatic carbocycles. The maximum atomic E-state index is 5.30. The van der Waals surface area contributed by atoms with Gasteiger partial charge in [0.25, 0.3) is 0 Å². The van der Waals surface area contributed by atoms with E-state index < -0.39 is 0 Å². The minimum atomic E-state index is 0.803. The van der Waals surface area contributed by atoms with Crippen LogP contribution in [0.1, 0.15) is 0 Å². The third-order valence-corrected chi connectivity index (χ3v) is 4.15. The highest BCUT2D eigenvalue weighted by Gasteiger charge is 2.09. The van der Waals surface area contributed by atoms with Gasteiger partial charge in [0.15, 0.2) is 5.65 Å². The molecule has 5 heteroatoms. The van der Waals surface area contributed by atoms with Gasteiger partial charge in [-0.15, -0.1) is 0 Å². The lowest BCUT2D eigenvalue weighted by Gasteiger charge is -2.07. The van der Waals surface area contributed by atoms with E-state index in [0.717, 1.165) is 39.7 Å². The van der Waals surface area contributed by atoms with E-state index >= 15 is 0 Å². The number of aromatic nitrogens is 3. The molecule has 5 nitrogen and oxygen atoms in total. The molecule has 0 amide bonds. The predicted molar refractivity (Wildman–Crippen MR) is 97.0 cm³/mol. The first-order valence-corrected chi connectivity index (χ1v) is 7.90. The quantitative estimate of drug-likeness (QED) is 0.565. The molecule has 0 saturated carbocycles. The van der Waals surface area contributed by atoms with Gasteiger partial charge in [0, 0.05) is 17.3 Å². The molecule has 4 aromatic rings. The molecule has 0 fully saturated rings. The topological polar surface area (TPSA) is 48.7 Å². The lowest BCUT2D eigenvalue weighted by atomic mass is 10.1. The van der Waals surface area contributed by atoms with Crippen LogP contribution in [-0.4, -0.2) is 28.6 Å². The summed E-state index contributed by atoms with van der Waals surface area (Å²) >= 11 is 0. The van der Waals surface area contributed by atoms with E-state index in [9.17, 15) is 0 Å². The third kappa shape index (κ3) is 2.80. The van der Waals surface area contributed by atoms with E-state index in [4.69, 9.17) is 9.47 Å². The maximum Gasteiger partial charge on any atom is 0.155 e. The minimum Gasteiger partial charge on any atom is -0.497 e. The fourth-order valence-electron chi connectivity index (χ4n) is 2.80. The molecule has 0 saturated heterocycles. The summed E-state index contributed by atoms with van der Waals surface area (Å²) in [7, 11) is 3.32. The molecule has 25 heavy (non-hydrogen) atoms. The maximum absolute atomic E-state index is 5.30. The van der Waals surface area contributed by atoms with Crippen molar-refractivity contribution in [3.8, 4) is 34.0 Å². The smallest absolute Gasteiger partial charge is 0.155 e. The SMILES string of the molecule is COc1ccc(-c2cnc3cnc(-c4cccc(OC)c4)cn23)cc1. The highest BCUT2D eigenvalue weighted by molar-refractivity contribution is 5.67. The molecule has 2 aromatic heterocycles. The number of hydrogen-bond donors (Lipinski definition) is 0. The second-order valence-electron chi connectivity index (χ2n) is 5.60. The molecule has 0 bridgehead atoms. The number of nitrogens with zero attached hydrogens (tertiary/aromatic N) is 3. The van der Waals surface area contributed by atoms with Crippen molar-refractivity contribution in [1.29, 1.82) is 0 Å². The highest BCUT2D eigenvalue weighted by Crippen LogP contribution is 2.26. The van der Waals surface area contributed by atoms with E-state index in [1.54, 1.807) is 20.4 Å². The Labute approximate surface area is 145 Å². The van der Waals surface area contributed by atoms with Crippen LogP contribution >= 0.6 is 0 Å². The monoisotopic (exact) mass is 331 g/mol. The van der Waals surface area contributed by atoms with Gasteiger partial charge in [-0.1, -0.05) is 12.1 Å². The van der Waals surface area contributed by atoms with Gasteiger partial charge in [0.2, 0.25) is 0 Å². The molecule has 124 valence electrons. The molecule has 0 spiro atoms. The normalized spacial score (nSPS) is 10.8. The number of benzene rings is 2. The molecule has 0 unspecified atom stereocenters. The molecular weight excluding hydrogens is 314 g/mol. The summed E-state index contributed by atoms with van der Waals surface area (Å²) in [4.78, 5) is 8.98. The zero-order valence-corrected chi connectivity index (χ0v) is 14.0. The lowest BCUT2D eigenvalue weighted by Crippen LogP contribution is -1.93. The molecule has 0 aliphatic heterocycles. The van der Waals surface area contributed by atoms with Crippen molar-refractivity contribution < 1.29 is 9.47 Å². The van der Waals surface area contributed by atoms with Gasteiger partial charge < -0.3 is 9.47 Å². The summed E-state index contributed by atoms with van der Waals surface area (Å²) in [5.41, 5.74) is 4.73. The fraction of sp³-hybridized carbons (Fsp3) is 0.100. The van der Waals surface area contributed by atoms with Crippen molar-refractivity contribution >= 4 is 5.65 Å². The van der Waals surface area contributed by atoms with E-state index in [-0.39, 0.29) is 0 Å². The van der Waals surface area contributed by atoms with Crippen molar-refractivity contribution in [1.82, 2.24) is 14.4 Å². The second-order valence-corrected chi connectivity index (χ2v) is 5.60. The Hall–Kier alpha value is -3.34. The van der Waals surface area contributed by atoms with Crippen LogP contribution in [-0.2, 0) is 0 Å². The molecule has 2 heterocycles. The zero-order valence-electron chi connectivity index (χ0n) is 14.0. The Bertz CT molecular complexity index is 1020. The van der Waals surface area contributed by atoms with Gasteiger partial charge in [0.05, 0.1) is 38.0 Å². The largest absolute Gasteiger partial charge is 0.497 e. The Balaban J connectivity index is 1.81. The molecule has 0 N–H and O–H groups in total. The molecular formula is C20H17N3O2. The summed E-state index contributed by atoms with van der Waals surface area (Å²) in [5.74, 6) is 1.64. The number of fused-ring (bicyclic) bond motifs is 1. The first-order chi connectivity index (χ1) is 12.3. The summed E-state index contributed by atoms with van der Waals surface area (Å²) in [6.07, 6.45) is 5.63. The number of imidazole rings is 1. The van der Waals surface area contributed by atoms with Gasteiger partial charge in [-0.05, 0) is 36.4 Å². The summed E-state index contributed by atoms with van der Waals surface area (Å²) < 4.78 is 12.6. The van der Waals surface area contributed by atoms with Gasteiger partial charge in [-0.25, -0.2) is 4.98 Å². The van der Waals surface area contributed by atoms with Crippen molar-refractivity contribution in [3.05, 3.63) is 67.1 Å². The van der Waals surface area contributed by atoms with E-state index in [2.05, 4.69) is 9.97 Å². The summed E-state index contributed by atoms with van der Waals surface area (Å²) in [6.45, 7) is 0. The van der Waals surface area contributed by atoms with Gasteiger partial charge >= 0.3 is 0 Å². The Morgan fingerprint density at radius 2 is 1.60 bits per heavy atom. The number of rotatable bonds is 4. The van der Waals surface area contributed by atoms with Gasteiger partial charge in [-0.3, -0.25) is 9.38 Å². The first-order valence-electron chi connectivity index (χ1n) is 7.90. The van der Waals surface area contributed by atoms with Crippen LogP contribution in [0.4, 0.5) is 0 Å². The first kappa shape index (κ1) is 15.2. The Kier molecular flexibility index (Phi) is 3.82. The number of methoxy groups -OCH3 is 2. The summed E-state index contributed by atoms with van der Waals surface area (Å²) in [5, 5.41) is 0. The highest BCUT2D eigenvalue weighted by atomic mass is 16.5. The molecule has 0 atom stereocenters. The Morgan fingerprint density at radius 1 is 0.800 bits per heavy atom. The fourth-order valence-corrected chi connectivity index (χ4v) is 2.80. The van der Waals surface area contributed by atoms with Crippen molar-refractivity contribution in [2.24, 2.45) is 0 Å². The lowest BCUT2D eigenvalue weighted by molar-refractivity contribution is 0.415. The van der Waals surface area contributed by atoms with Crippen LogP contribution in [0.5, 0.6) is 11.5 Å². The van der Waals surface area contributed by atoms with Crippen molar-refractivity contribution in [3.63, 3.8) is 0 Å². The predicted octanol–water partition coefficient (Wildman–Crippen LogP) is 4.08.